The summed E-state index contributed by atoms with van der Waals surface area (Å²) in [7, 11) is 0. The van der Waals surface area contributed by atoms with Gasteiger partial charge in [-0.25, -0.2) is 4.68 Å². The maximum Gasteiger partial charge on any atom is 0.182 e. The zero-order valence-electron chi connectivity index (χ0n) is 11.8. The molecule has 6 nitrogen and oxygen atoms in total. The molecule has 3 rings (SSSR count). The first-order chi connectivity index (χ1) is 9.60. The molecule has 1 aliphatic rings. The van der Waals surface area contributed by atoms with Crippen LogP contribution in [0.1, 0.15) is 25.3 Å². The van der Waals surface area contributed by atoms with Crippen LogP contribution in [-0.2, 0) is 10.3 Å². The van der Waals surface area contributed by atoms with Gasteiger partial charge in [-0.05, 0) is 54.8 Å². The maximum atomic E-state index is 5.90. The van der Waals surface area contributed by atoms with Crippen LogP contribution in [0.2, 0.25) is 0 Å². The Bertz CT molecular complexity index is 616. The molecule has 1 fully saturated rings. The van der Waals surface area contributed by atoms with Gasteiger partial charge in [0.2, 0.25) is 0 Å². The number of aromatic nitrogens is 4. The molecule has 1 aromatic carbocycles. The molecular formula is C14H19N5O. The van der Waals surface area contributed by atoms with Crippen molar-refractivity contribution < 1.29 is 4.74 Å². The molecule has 0 atom stereocenters. The summed E-state index contributed by atoms with van der Waals surface area (Å²) < 4.78 is 7.38. The molecule has 106 valence electrons. The predicted octanol–water partition coefficient (Wildman–Crippen LogP) is 1.76. The van der Waals surface area contributed by atoms with Gasteiger partial charge in [-0.2, -0.15) is 0 Å². The van der Waals surface area contributed by atoms with E-state index in [-0.39, 0.29) is 5.54 Å². The molecule has 0 radical (unpaired) electrons. The van der Waals surface area contributed by atoms with Gasteiger partial charge in [0.25, 0.3) is 0 Å². The Morgan fingerprint density at radius 1 is 1.30 bits per heavy atom. The van der Waals surface area contributed by atoms with Gasteiger partial charge in [-0.3, -0.25) is 0 Å². The van der Waals surface area contributed by atoms with E-state index in [1.165, 1.54) is 0 Å². The van der Waals surface area contributed by atoms with E-state index >= 15 is 0 Å². The predicted molar refractivity (Wildman–Crippen MR) is 76.1 cm³/mol. The standard InChI is InChI=1S/C14H19N5O/c1-10-3-4-11(15)9-12(10)13-16-17-18-19(13)14(2)5-7-20-8-6-14/h3-4,9H,5-8,15H2,1-2H3. The van der Waals surface area contributed by atoms with Crippen LogP contribution in [0.4, 0.5) is 5.69 Å². The molecule has 0 spiro atoms. The second kappa shape index (κ2) is 4.86. The van der Waals surface area contributed by atoms with Crippen LogP contribution in [0.5, 0.6) is 0 Å². The number of tetrazole rings is 1. The SMILES string of the molecule is Cc1ccc(N)cc1-c1nnnn1C1(C)CCOCC1. The van der Waals surface area contributed by atoms with E-state index in [0.29, 0.717) is 0 Å². The van der Waals surface area contributed by atoms with Crippen molar-refractivity contribution in [2.75, 3.05) is 18.9 Å². The van der Waals surface area contributed by atoms with E-state index < -0.39 is 0 Å². The van der Waals surface area contributed by atoms with Gasteiger partial charge in [0, 0.05) is 24.5 Å². The van der Waals surface area contributed by atoms with E-state index in [2.05, 4.69) is 22.4 Å². The van der Waals surface area contributed by atoms with E-state index in [9.17, 15) is 0 Å². The number of anilines is 1. The number of nitrogens with two attached hydrogens (primary N) is 1. The van der Waals surface area contributed by atoms with Gasteiger partial charge in [0.1, 0.15) is 0 Å². The van der Waals surface area contributed by atoms with Crippen LogP contribution in [0, 0.1) is 6.92 Å². The average molecular weight is 273 g/mol. The fraction of sp³-hybridized carbons (Fsp3) is 0.500. The van der Waals surface area contributed by atoms with Gasteiger partial charge in [-0.1, -0.05) is 6.07 Å². The number of nitrogens with zero attached hydrogens (tertiary/aromatic N) is 4. The lowest BCUT2D eigenvalue weighted by molar-refractivity contribution is 0.0240. The lowest BCUT2D eigenvalue weighted by Gasteiger charge is -2.34. The van der Waals surface area contributed by atoms with Gasteiger partial charge < -0.3 is 10.5 Å². The van der Waals surface area contributed by atoms with Crippen LogP contribution < -0.4 is 5.73 Å². The van der Waals surface area contributed by atoms with Crippen molar-refractivity contribution in [3.63, 3.8) is 0 Å². The second-order valence-corrected chi connectivity index (χ2v) is 5.60. The Kier molecular flexibility index (Phi) is 3.17. The summed E-state index contributed by atoms with van der Waals surface area (Å²) in [6.07, 6.45) is 1.82. The third kappa shape index (κ3) is 2.16. The molecule has 6 heteroatoms. The van der Waals surface area contributed by atoms with Crippen molar-refractivity contribution in [1.29, 1.82) is 0 Å². The van der Waals surface area contributed by atoms with Crippen molar-refractivity contribution >= 4 is 5.69 Å². The number of nitrogen functional groups attached to an aromatic ring is 1. The summed E-state index contributed by atoms with van der Waals surface area (Å²) in [5.41, 5.74) is 8.62. The van der Waals surface area contributed by atoms with E-state index in [4.69, 9.17) is 10.5 Å². The number of aryl methyl sites for hydroxylation is 1. The second-order valence-electron chi connectivity index (χ2n) is 5.60. The lowest BCUT2D eigenvalue weighted by Crippen LogP contribution is -2.38. The summed E-state index contributed by atoms with van der Waals surface area (Å²) in [5, 5.41) is 12.3. The number of hydrogen-bond acceptors (Lipinski definition) is 5. The minimum Gasteiger partial charge on any atom is -0.399 e. The highest BCUT2D eigenvalue weighted by atomic mass is 16.5. The molecule has 0 aliphatic carbocycles. The van der Waals surface area contributed by atoms with Crippen LogP contribution in [0.3, 0.4) is 0 Å². The molecular weight excluding hydrogens is 254 g/mol. The molecule has 0 bridgehead atoms. The Balaban J connectivity index is 2.08. The molecule has 2 aromatic rings. The first kappa shape index (κ1) is 13.1. The zero-order valence-corrected chi connectivity index (χ0v) is 11.8. The van der Waals surface area contributed by atoms with Crippen molar-refractivity contribution in [1.82, 2.24) is 20.2 Å². The third-order valence-corrected chi connectivity index (χ3v) is 4.05. The number of ether oxygens (including phenoxy) is 1. The van der Waals surface area contributed by atoms with Crippen LogP contribution in [0.25, 0.3) is 11.4 Å². The summed E-state index contributed by atoms with van der Waals surface area (Å²) in [4.78, 5) is 0. The third-order valence-electron chi connectivity index (χ3n) is 4.05. The molecule has 2 heterocycles. The number of hydrogen-bond donors (Lipinski definition) is 1. The highest BCUT2D eigenvalue weighted by molar-refractivity contribution is 5.65. The zero-order chi connectivity index (χ0) is 14.2. The lowest BCUT2D eigenvalue weighted by atomic mass is 9.92. The Hall–Kier alpha value is -1.95. The maximum absolute atomic E-state index is 5.90. The molecule has 1 saturated heterocycles. The number of rotatable bonds is 2. The van der Waals surface area contributed by atoms with Gasteiger partial charge in [0.05, 0.1) is 5.54 Å². The van der Waals surface area contributed by atoms with E-state index in [1.807, 2.05) is 29.8 Å². The molecule has 2 N–H and O–H groups in total. The van der Waals surface area contributed by atoms with Crippen LogP contribution in [0.15, 0.2) is 18.2 Å². The van der Waals surface area contributed by atoms with Crippen LogP contribution >= 0.6 is 0 Å². The summed E-state index contributed by atoms with van der Waals surface area (Å²) in [6.45, 7) is 5.70. The fourth-order valence-corrected chi connectivity index (χ4v) is 2.62. The van der Waals surface area contributed by atoms with Crippen molar-refractivity contribution in [3.05, 3.63) is 23.8 Å². The Morgan fingerprint density at radius 3 is 2.80 bits per heavy atom. The van der Waals surface area contributed by atoms with E-state index in [1.54, 1.807) is 0 Å². The van der Waals surface area contributed by atoms with Gasteiger partial charge in [-0.15, -0.1) is 5.10 Å². The van der Waals surface area contributed by atoms with Gasteiger partial charge in [0.15, 0.2) is 5.82 Å². The molecule has 0 amide bonds. The first-order valence-electron chi connectivity index (χ1n) is 6.83. The molecule has 20 heavy (non-hydrogen) atoms. The van der Waals surface area contributed by atoms with Crippen molar-refractivity contribution in [2.24, 2.45) is 0 Å². The quantitative estimate of drug-likeness (QED) is 0.843. The number of benzene rings is 1. The topological polar surface area (TPSA) is 78.9 Å². The molecule has 1 aromatic heterocycles. The average Bonchev–Trinajstić information content (AvgIpc) is 2.92. The van der Waals surface area contributed by atoms with Crippen LogP contribution in [-0.4, -0.2) is 33.4 Å². The molecule has 0 saturated carbocycles. The highest BCUT2D eigenvalue weighted by Crippen LogP contribution is 2.32. The highest BCUT2D eigenvalue weighted by Gasteiger charge is 2.33. The minimum absolute atomic E-state index is 0.103. The Morgan fingerprint density at radius 2 is 2.05 bits per heavy atom. The summed E-state index contributed by atoms with van der Waals surface area (Å²) in [5.74, 6) is 0.777. The molecule has 1 aliphatic heterocycles. The van der Waals surface area contributed by atoms with Crippen molar-refractivity contribution in [2.45, 2.75) is 32.2 Å². The fourth-order valence-electron chi connectivity index (χ4n) is 2.62. The summed E-state index contributed by atoms with van der Waals surface area (Å²) >= 11 is 0. The Labute approximate surface area is 117 Å². The molecule has 0 unspecified atom stereocenters. The smallest absolute Gasteiger partial charge is 0.182 e. The summed E-state index contributed by atoms with van der Waals surface area (Å²) in [6, 6.07) is 5.82. The first-order valence-corrected chi connectivity index (χ1v) is 6.83. The normalized spacial score (nSPS) is 18.1. The van der Waals surface area contributed by atoms with Crippen molar-refractivity contribution in [3.8, 4) is 11.4 Å². The monoisotopic (exact) mass is 273 g/mol. The minimum atomic E-state index is -0.103. The van der Waals surface area contributed by atoms with E-state index in [0.717, 1.165) is 48.7 Å². The van der Waals surface area contributed by atoms with Gasteiger partial charge >= 0.3 is 0 Å². The largest absolute Gasteiger partial charge is 0.399 e.